The molecule has 31 heavy (non-hydrogen) atoms. The van der Waals surface area contributed by atoms with Crippen LogP contribution in [0.1, 0.15) is 31.0 Å². The molecule has 0 unspecified atom stereocenters. The minimum atomic E-state index is -4.59. The van der Waals surface area contributed by atoms with Crippen LogP contribution in [-0.2, 0) is 17.3 Å². The van der Waals surface area contributed by atoms with Crippen LogP contribution >= 0.6 is 0 Å². The molecular formula is C20H25F3N4O4. The Bertz CT molecular complexity index is 958. The van der Waals surface area contributed by atoms with E-state index in [4.69, 9.17) is 14.0 Å². The molecule has 0 saturated carbocycles. The van der Waals surface area contributed by atoms with Gasteiger partial charge in [0.25, 0.3) is 0 Å². The average Bonchev–Trinajstić information content (AvgIpc) is 3.32. The van der Waals surface area contributed by atoms with Gasteiger partial charge in [0.1, 0.15) is 5.75 Å². The molecule has 170 valence electrons. The number of alkyl halides is 3. The van der Waals surface area contributed by atoms with E-state index < -0.39 is 11.9 Å². The molecule has 0 atom stereocenters. The van der Waals surface area contributed by atoms with E-state index in [1.807, 2.05) is 14.0 Å². The normalized spacial score (nSPS) is 13.9. The number of rotatable bonds is 8. The van der Waals surface area contributed by atoms with Gasteiger partial charge in [-0.25, -0.2) is 4.79 Å². The molecule has 0 aliphatic carbocycles. The van der Waals surface area contributed by atoms with Crippen LogP contribution in [0.5, 0.6) is 5.75 Å². The third-order valence-corrected chi connectivity index (χ3v) is 4.70. The van der Waals surface area contributed by atoms with Crippen LogP contribution in [0.2, 0.25) is 0 Å². The van der Waals surface area contributed by atoms with E-state index in [-0.39, 0.29) is 23.6 Å². The molecule has 0 radical (unpaired) electrons. The molecule has 11 heteroatoms. The van der Waals surface area contributed by atoms with Crippen molar-refractivity contribution in [1.82, 2.24) is 20.3 Å². The number of carbonyl (C=O) groups excluding carboxylic acids is 1. The zero-order chi connectivity index (χ0) is 22.6. The summed E-state index contributed by atoms with van der Waals surface area (Å²) in [7, 11) is 3.48. The molecule has 0 spiro atoms. The molecule has 1 N–H and O–H groups in total. The first-order valence-corrected chi connectivity index (χ1v) is 9.89. The molecule has 1 aliphatic heterocycles. The first-order valence-electron chi connectivity index (χ1n) is 9.89. The van der Waals surface area contributed by atoms with Crippen molar-refractivity contribution in [2.45, 2.75) is 32.4 Å². The molecule has 3 rings (SSSR count). The van der Waals surface area contributed by atoms with Gasteiger partial charge in [-0.05, 0) is 25.0 Å². The van der Waals surface area contributed by atoms with Crippen molar-refractivity contribution in [2.24, 2.45) is 0 Å². The minimum Gasteiger partial charge on any atom is -0.493 e. The quantitative estimate of drug-likeness (QED) is 0.624. The van der Waals surface area contributed by atoms with Crippen molar-refractivity contribution in [2.75, 3.05) is 34.0 Å². The molecule has 2 amide bonds. The fourth-order valence-electron chi connectivity index (χ4n) is 3.17. The third-order valence-electron chi connectivity index (χ3n) is 4.70. The van der Waals surface area contributed by atoms with E-state index in [2.05, 4.69) is 10.5 Å². The number of hydrogen-bond donors (Lipinski definition) is 1. The van der Waals surface area contributed by atoms with Gasteiger partial charge in [-0.15, -0.1) is 0 Å². The second kappa shape index (κ2) is 9.36. The van der Waals surface area contributed by atoms with Crippen molar-refractivity contribution in [3.8, 4) is 5.75 Å². The topological polar surface area (TPSA) is 80.1 Å². The number of urea groups is 1. The van der Waals surface area contributed by atoms with E-state index in [0.717, 1.165) is 0 Å². The number of nitrogens with zero attached hydrogens (tertiary/aromatic N) is 3. The highest BCUT2D eigenvalue weighted by atomic mass is 19.4. The Morgan fingerprint density at radius 2 is 2.16 bits per heavy atom. The Kier molecular flexibility index (Phi) is 6.81. The summed E-state index contributed by atoms with van der Waals surface area (Å²) < 4.78 is 55.4. The number of nitrogens with one attached hydrogen (secondary N) is 1. The number of halogens is 3. The van der Waals surface area contributed by atoms with E-state index in [1.165, 1.54) is 17.0 Å². The van der Waals surface area contributed by atoms with Crippen LogP contribution in [0.3, 0.4) is 0 Å². The van der Waals surface area contributed by atoms with Gasteiger partial charge in [0.05, 0.1) is 18.2 Å². The van der Waals surface area contributed by atoms with Crippen LogP contribution in [-0.4, -0.2) is 55.0 Å². The van der Waals surface area contributed by atoms with E-state index in [9.17, 15) is 18.0 Å². The van der Waals surface area contributed by atoms with Gasteiger partial charge in [-0.2, -0.15) is 13.2 Å². The maximum atomic E-state index is 13.1. The molecule has 8 nitrogen and oxygen atoms in total. The van der Waals surface area contributed by atoms with E-state index in [0.29, 0.717) is 49.7 Å². The van der Waals surface area contributed by atoms with Gasteiger partial charge in [-0.1, -0.05) is 18.5 Å². The summed E-state index contributed by atoms with van der Waals surface area (Å²) in [5.74, 6) is 0.845. The Balaban J connectivity index is 1.58. The first-order chi connectivity index (χ1) is 14.7. The minimum absolute atomic E-state index is 0.0752. The Hall–Kier alpha value is -3.11. The average molecular weight is 442 g/mol. The van der Waals surface area contributed by atoms with Crippen LogP contribution in [0.4, 0.5) is 18.0 Å². The molecule has 1 aromatic heterocycles. The lowest BCUT2D eigenvalue weighted by molar-refractivity contribution is -0.141. The molecule has 1 aromatic carbocycles. The lowest BCUT2D eigenvalue weighted by atomic mass is 10.0. The Morgan fingerprint density at radius 3 is 2.81 bits per heavy atom. The fraction of sp³-hybridized carbons (Fsp3) is 0.500. The number of aromatic nitrogens is 1. The molecule has 0 saturated heterocycles. The number of benzene rings is 1. The highest BCUT2D eigenvalue weighted by molar-refractivity contribution is 5.85. The monoisotopic (exact) mass is 442 g/mol. The van der Waals surface area contributed by atoms with Crippen molar-refractivity contribution in [3.63, 3.8) is 0 Å². The van der Waals surface area contributed by atoms with Crippen molar-refractivity contribution in [1.29, 1.82) is 0 Å². The Labute approximate surface area is 177 Å². The van der Waals surface area contributed by atoms with Gasteiger partial charge in [0.2, 0.25) is 5.88 Å². The maximum Gasteiger partial charge on any atom is 0.437 e. The first kappa shape index (κ1) is 22.6. The van der Waals surface area contributed by atoms with Crippen LogP contribution < -0.4 is 10.1 Å². The zero-order valence-electron chi connectivity index (χ0n) is 17.6. The predicted molar refractivity (Wildman–Crippen MR) is 106 cm³/mol. The standard InChI is InChI=1S/C20H25F3N4O4/c1-4-6-13-15(8-7-14-17(13)31-25-18(14)20(21,22)23)29-10-5-9-27(3)19(28)24-16-11-26(2)12-30-16/h7-8,11H,4-6,9-10,12H2,1-3H3,(H,24,28). The molecule has 2 aromatic rings. The smallest absolute Gasteiger partial charge is 0.437 e. The third kappa shape index (κ3) is 5.33. The molecule has 0 bridgehead atoms. The van der Waals surface area contributed by atoms with Crippen LogP contribution in [0.15, 0.2) is 28.7 Å². The summed E-state index contributed by atoms with van der Waals surface area (Å²) in [4.78, 5) is 15.4. The summed E-state index contributed by atoms with van der Waals surface area (Å²) in [6, 6.07) is 2.52. The second-order valence-electron chi connectivity index (χ2n) is 7.28. The number of carbonyl (C=O) groups is 1. The zero-order valence-corrected chi connectivity index (χ0v) is 17.6. The number of fused-ring (bicyclic) bond motifs is 1. The summed E-state index contributed by atoms with van der Waals surface area (Å²) in [5, 5.41) is 5.80. The van der Waals surface area contributed by atoms with Gasteiger partial charge in [0.15, 0.2) is 18.0 Å². The van der Waals surface area contributed by atoms with Crippen molar-refractivity contribution < 1.29 is 32.0 Å². The van der Waals surface area contributed by atoms with Crippen molar-refractivity contribution in [3.05, 3.63) is 35.5 Å². The summed E-state index contributed by atoms with van der Waals surface area (Å²) in [6.07, 6.45) is -1.18. The number of ether oxygens (including phenoxy) is 2. The maximum absolute atomic E-state index is 13.1. The predicted octanol–water partition coefficient (Wildman–Crippen LogP) is 3.93. The number of aryl methyl sites for hydroxylation is 1. The van der Waals surface area contributed by atoms with Gasteiger partial charge in [-0.3, -0.25) is 5.32 Å². The molecule has 1 aliphatic rings. The fourth-order valence-corrected chi connectivity index (χ4v) is 3.17. The van der Waals surface area contributed by atoms with Gasteiger partial charge in [0, 0.05) is 26.2 Å². The molecular weight excluding hydrogens is 417 g/mol. The van der Waals surface area contributed by atoms with Crippen molar-refractivity contribution >= 4 is 17.0 Å². The van der Waals surface area contributed by atoms with Gasteiger partial charge < -0.3 is 23.8 Å². The summed E-state index contributed by atoms with van der Waals surface area (Å²) in [6.45, 7) is 2.99. The van der Waals surface area contributed by atoms with Crippen LogP contribution in [0.25, 0.3) is 11.0 Å². The largest absolute Gasteiger partial charge is 0.493 e. The summed E-state index contributed by atoms with van der Waals surface area (Å²) in [5.41, 5.74) is -0.381. The Morgan fingerprint density at radius 1 is 1.39 bits per heavy atom. The molecule has 0 fully saturated rings. The summed E-state index contributed by atoms with van der Waals surface area (Å²) >= 11 is 0. The highest BCUT2D eigenvalue weighted by Crippen LogP contribution is 2.38. The van der Waals surface area contributed by atoms with Crippen LogP contribution in [0, 0.1) is 0 Å². The SMILES string of the molecule is CCCc1c(OCCCN(C)C(=O)NC2=CN(C)CO2)ccc2c(C(F)(F)F)noc12. The molecule has 2 heterocycles. The van der Waals surface area contributed by atoms with E-state index >= 15 is 0 Å². The van der Waals surface area contributed by atoms with Gasteiger partial charge >= 0.3 is 12.2 Å². The lowest BCUT2D eigenvalue weighted by Gasteiger charge is -2.18. The highest BCUT2D eigenvalue weighted by Gasteiger charge is 2.37. The number of hydrogen-bond acceptors (Lipinski definition) is 6. The second-order valence-corrected chi connectivity index (χ2v) is 7.28. The lowest BCUT2D eigenvalue weighted by Crippen LogP contribution is -2.37. The number of amides is 2. The van der Waals surface area contributed by atoms with E-state index in [1.54, 1.807) is 18.1 Å².